The Labute approximate surface area is 166 Å². The van der Waals surface area contributed by atoms with Crippen molar-refractivity contribution in [3.63, 3.8) is 0 Å². The topological polar surface area (TPSA) is 130 Å². The zero-order valence-electron chi connectivity index (χ0n) is 14.5. The predicted molar refractivity (Wildman–Crippen MR) is 109 cm³/mol. The monoisotopic (exact) mass is 492 g/mol. The lowest BCUT2D eigenvalue weighted by molar-refractivity contribution is 0.336. The molecule has 0 aliphatic rings. The third kappa shape index (κ3) is 5.34. The molecule has 0 atom stereocenters. The number of halogens is 1. The van der Waals surface area contributed by atoms with Crippen molar-refractivity contribution in [1.82, 2.24) is 9.97 Å². The summed E-state index contributed by atoms with van der Waals surface area (Å²) in [4.78, 5) is 7.88. The lowest BCUT2D eigenvalue weighted by Crippen LogP contribution is -2.14. The number of rotatable bonds is 8. The Morgan fingerprint density at radius 2 is 1.88 bits per heavy atom. The molecule has 0 fully saturated rings. The standard InChI is InChI=1S/C16H21IN4O4S/c1-3-5-26(22,23)25-13-8-10(7-12(14(13)17)24-4-2)6-11-9-20-16(19)21-15(11)18/h7-9H,3-6H2,1-2H3,(H4,18,19,20,21). The maximum Gasteiger partial charge on any atom is 0.309 e. The molecule has 0 saturated carbocycles. The van der Waals surface area contributed by atoms with Crippen LogP contribution in [0.25, 0.3) is 0 Å². The highest BCUT2D eigenvalue weighted by Crippen LogP contribution is 2.34. The molecule has 2 rings (SSSR count). The summed E-state index contributed by atoms with van der Waals surface area (Å²) in [6.45, 7) is 4.06. The van der Waals surface area contributed by atoms with Gasteiger partial charge in [0.15, 0.2) is 5.75 Å². The minimum atomic E-state index is -3.67. The summed E-state index contributed by atoms with van der Waals surface area (Å²) < 4.78 is 35.6. The number of nitrogen functional groups attached to an aromatic ring is 2. The van der Waals surface area contributed by atoms with Crippen molar-refractivity contribution in [2.24, 2.45) is 0 Å². The van der Waals surface area contributed by atoms with Gasteiger partial charge in [0.2, 0.25) is 5.95 Å². The molecule has 10 heteroatoms. The Morgan fingerprint density at radius 1 is 1.19 bits per heavy atom. The van der Waals surface area contributed by atoms with Crippen molar-refractivity contribution in [2.75, 3.05) is 23.8 Å². The molecule has 0 unspecified atom stereocenters. The van der Waals surface area contributed by atoms with E-state index in [4.69, 9.17) is 20.4 Å². The van der Waals surface area contributed by atoms with Crippen LogP contribution in [0.15, 0.2) is 18.3 Å². The van der Waals surface area contributed by atoms with E-state index in [9.17, 15) is 8.42 Å². The fourth-order valence-corrected chi connectivity index (χ4v) is 3.98. The van der Waals surface area contributed by atoms with Gasteiger partial charge in [-0.25, -0.2) is 4.98 Å². The average Bonchev–Trinajstić information content (AvgIpc) is 2.54. The van der Waals surface area contributed by atoms with Crippen LogP contribution in [-0.4, -0.2) is 30.7 Å². The minimum absolute atomic E-state index is 0.0595. The molecule has 0 amide bonds. The van der Waals surface area contributed by atoms with Gasteiger partial charge in [-0.2, -0.15) is 13.4 Å². The maximum atomic E-state index is 12.1. The van der Waals surface area contributed by atoms with Gasteiger partial charge in [-0.1, -0.05) is 6.92 Å². The van der Waals surface area contributed by atoms with Crippen molar-refractivity contribution < 1.29 is 17.3 Å². The van der Waals surface area contributed by atoms with E-state index in [0.717, 1.165) is 5.56 Å². The van der Waals surface area contributed by atoms with Crippen LogP contribution in [0.5, 0.6) is 11.5 Å². The third-order valence-electron chi connectivity index (χ3n) is 3.35. The number of hydrogen-bond acceptors (Lipinski definition) is 8. The molecule has 2 aromatic rings. The summed E-state index contributed by atoms with van der Waals surface area (Å²) in [6.07, 6.45) is 2.40. The SMILES string of the molecule is CCCS(=O)(=O)Oc1cc(Cc2cnc(N)nc2N)cc(OCC)c1I. The van der Waals surface area contributed by atoms with Gasteiger partial charge in [-0.15, -0.1) is 0 Å². The van der Waals surface area contributed by atoms with Gasteiger partial charge in [0.05, 0.1) is 15.9 Å². The molecule has 0 aliphatic carbocycles. The summed E-state index contributed by atoms with van der Waals surface area (Å²) in [5, 5.41) is 0. The van der Waals surface area contributed by atoms with Crippen molar-refractivity contribution >= 4 is 44.5 Å². The largest absolute Gasteiger partial charge is 0.493 e. The molecule has 1 aromatic carbocycles. The molecule has 0 aliphatic heterocycles. The molecule has 1 heterocycles. The second-order valence-electron chi connectivity index (χ2n) is 5.50. The Balaban J connectivity index is 2.42. The van der Waals surface area contributed by atoms with Gasteiger partial charge in [0.1, 0.15) is 11.6 Å². The summed E-state index contributed by atoms with van der Waals surface area (Å²) in [7, 11) is -3.67. The Kier molecular flexibility index (Phi) is 6.87. The zero-order chi connectivity index (χ0) is 19.3. The molecular formula is C16H21IN4O4S. The summed E-state index contributed by atoms with van der Waals surface area (Å²) >= 11 is 2.01. The number of benzene rings is 1. The quantitative estimate of drug-likeness (QED) is 0.424. The molecule has 0 bridgehead atoms. The van der Waals surface area contributed by atoms with Gasteiger partial charge in [-0.3, -0.25) is 0 Å². The zero-order valence-corrected chi connectivity index (χ0v) is 17.5. The Bertz CT molecular complexity index is 890. The molecule has 4 N–H and O–H groups in total. The maximum absolute atomic E-state index is 12.1. The fraction of sp³-hybridized carbons (Fsp3) is 0.375. The summed E-state index contributed by atoms with van der Waals surface area (Å²) in [5.41, 5.74) is 12.8. The molecule has 0 spiro atoms. The highest BCUT2D eigenvalue weighted by atomic mass is 127. The number of aromatic nitrogens is 2. The number of nitrogens with zero attached hydrogens (tertiary/aromatic N) is 2. The second-order valence-corrected chi connectivity index (χ2v) is 8.27. The van der Waals surface area contributed by atoms with E-state index < -0.39 is 10.1 Å². The molecule has 1 aromatic heterocycles. The van der Waals surface area contributed by atoms with E-state index in [1.54, 1.807) is 19.2 Å². The summed E-state index contributed by atoms with van der Waals surface area (Å²) in [5.74, 6) is 1.08. The van der Waals surface area contributed by atoms with Crippen molar-refractivity contribution in [1.29, 1.82) is 0 Å². The van der Waals surface area contributed by atoms with Crippen LogP contribution in [-0.2, 0) is 16.5 Å². The Hall–Kier alpha value is -1.82. The van der Waals surface area contributed by atoms with Crippen molar-refractivity contribution in [2.45, 2.75) is 26.7 Å². The van der Waals surface area contributed by atoms with Crippen LogP contribution in [0.1, 0.15) is 31.4 Å². The first-order chi connectivity index (χ1) is 12.3. The summed E-state index contributed by atoms with van der Waals surface area (Å²) in [6, 6.07) is 3.48. The van der Waals surface area contributed by atoms with Crippen LogP contribution < -0.4 is 20.4 Å². The lowest BCUT2D eigenvalue weighted by atomic mass is 10.1. The fourth-order valence-electron chi connectivity index (χ4n) is 2.27. The third-order valence-corrected chi connectivity index (χ3v) is 5.75. The van der Waals surface area contributed by atoms with Crippen molar-refractivity contribution in [3.8, 4) is 11.5 Å². The minimum Gasteiger partial charge on any atom is -0.493 e. The number of ether oxygens (including phenoxy) is 1. The lowest BCUT2D eigenvalue weighted by Gasteiger charge is -2.14. The van der Waals surface area contributed by atoms with E-state index in [2.05, 4.69) is 9.97 Å². The highest BCUT2D eigenvalue weighted by Gasteiger charge is 2.18. The number of anilines is 2. The first kappa shape index (κ1) is 20.5. The molecule has 8 nitrogen and oxygen atoms in total. The Morgan fingerprint density at radius 3 is 2.50 bits per heavy atom. The van der Waals surface area contributed by atoms with Crippen LogP contribution in [0.2, 0.25) is 0 Å². The van der Waals surface area contributed by atoms with Gasteiger partial charge >= 0.3 is 10.1 Å². The predicted octanol–water partition coefficient (Wildman–Crippen LogP) is 2.35. The molecular weight excluding hydrogens is 471 g/mol. The van der Waals surface area contributed by atoms with E-state index in [1.165, 1.54) is 0 Å². The van der Waals surface area contributed by atoms with Crippen LogP contribution in [0.3, 0.4) is 0 Å². The van der Waals surface area contributed by atoms with Gasteiger partial charge < -0.3 is 20.4 Å². The first-order valence-corrected chi connectivity index (χ1v) is 10.7. The van der Waals surface area contributed by atoms with E-state index in [0.29, 0.717) is 34.3 Å². The van der Waals surface area contributed by atoms with Crippen molar-refractivity contribution in [3.05, 3.63) is 33.0 Å². The first-order valence-electron chi connectivity index (χ1n) is 8.00. The van der Waals surface area contributed by atoms with E-state index >= 15 is 0 Å². The van der Waals surface area contributed by atoms with Crippen LogP contribution in [0.4, 0.5) is 11.8 Å². The van der Waals surface area contributed by atoms with E-state index in [-0.39, 0.29) is 23.3 Å². The smallest absolute Gasteiger partial charge is 0.309 e. The molecule has 0 saturated heterocycles. The van der Waals surface area contributed by atoms with Gasteiger partial charge in [0, 0.05) is 18.2 Å². The normalized spacial score (nSPS) is 11.3. The molecule has 142 valence electrons. The number of hydrogen-bond donors (Lipinski definition) is 2. The second kappa shape index (κ2) is 8.71. The van der Waals surface area contributed by atoms with E-state index in [1.807, 2.05) is 35.6 Å². The average molecular weight is 492 g/mol. The van der Waals surface area contributed by atoms with Crippen LogP contribution in [0, 0.1) is 3.57 Å². The number of nitrogens with two attached hydrogens (primary N) is 2. The molecule has 0 radical (unpaired) electrons. The van der Waals surface area contributed by atoms with Crippen LogP contribution >= 0.6 is 22.6 Å². The molecule has 26 heavy (non-hydrogen) atoms. The highest BCUT2D eigenvalue weighted by molar-refractivity contribution is 14.1. The van der Waals surface area contributed by atoms with Gasteiger partial charge in [0.25, 0.3) is 0 Å². The van der Waals surface area contributed by atoms with Gasteiger partial charge in [-0.05, 0) is 53.6 Å².